The van der Waals surface area contributed by atoms with Gasteiger partial charge in [0.2, 0.25) is 0 Å². The topological polar surface area (TPSA) is 95.6 Å². The number of fused-ring (bicyclic) bond motifs is 3. The zero-order chi connectivity index (χ0) is 20.4. The van der Waals surface area contributed by atoms with E-state index in [1.54, 1.807) is 0 Å². The highest BCUT2D eigenvalue weighted by Gasteiger charge is 2.45. The maximum atomic E-state index is 12.4. The number of carbonyl (C=O) groups excluding carboxylic acids is 1. The molecule has 3 saturated heterocycles. The van der Waals surface area contributed by atoms with Crippen molar-refractivity contribution >= 4 is 14.9 Å². The third-order valence-corrected chi connectivity index (χ3v) is 8.51. The van der Waals surface area contributed by atoms with Gasteiger partial charge in [0.25, 0.3) is 0 Å². The molecule has 0 atom stereocenters. The Balaban J connectivity index is 1.41. The van der Waals surface area contributed by atoms with E-state index in [9.17, 15) is 10.0 Å². The average Bonchev–Trinajstić information content (AvgIpc) is 2.90. The highest BCUT2D eigenvalue weighted by molar-refractivity contribution is 6.60. The number of amides is 1. The number of alkyl carbamates (subject to hydrolysis) is 1. The van der Waals surface area contributed by atoms with Crippen molar-refractivity contribution in [2.75, 3.05) is 39.6 Å². The molecule has 0 aromatic rings. The molecule has 3 aliphatic rings. The van der Waals surface area contributed by atoms with Gasteiger partial charge in [-0.15, -0.1) is 0 Å². The van der Waals surface area contributed by atoms with Crippen LogP contribution in [-0.4, -0.2) is 81.6 Å². The first kappa shape index (κ1) is 21.9. The van der Waals surface area contributed by atoms with Gasteiger partial charge in [-0.2, -0.15) is 0 Å². The largest absolute Gasteiger partial charge is 0.784 e. The molecule has 3 fully saturated rings. The zero-order valence-corrected chi connectivity index (χ0v) is 18.5. The summed E-state index contributed by atoms with van der Waals surface area (Å²) in [7, 11) is -2.63. The molecule has 0 aromatic heterocycles. The lowest BCUT2D eigenvalue weighted by Gasteiger charge is -2.59. The van der Waals surface area contributed by atoms with Crippen LogP contribution in [0.2, 0.25) is 6.04 Å². The van der Waals surface area contributed by atoms with E-state index >= 15 is 0 Å². The number of hydrogen-bond acceptors (Lipinski definition) is 8. The summed E-state index contributed by atoms with van der Waals surface area (Å²) in [6.07, 6.45) is 1.04. The smallest absolute Gasteiger partial charge is 0.502 e. The Labute approximate surface area is 168 Å². The SMILES string of the molecule is CC1(C)CC(OC(=O)NCCC[Si]23OCCN(CCO2)CO3)CC(C)(C)N1[O-]. The molecular formula is C18H34N3O6Si-. The Hall–Kier alpha value is -0.753. The van der Waals surface area contributed by atoms with Crippen molar-refractivity contribution in [1.82, 2.24) is 15.3 Å². The van der Waals surface area contributed by atoms with Gasteiger partial charge in [-0.3, -0.25) is 4.90 Å². The molecule has 0 unspecified atom stereocenters. The minimum atomic E-state index is -2.63. The molecular weight excluding hydrogens is 382 g/mol. The molecule has 1 N–H and O–H groups in total. The van der Waals surface area contributed by atoms with Crippen molar-refractivity contribution in [3.63, 3.8) is 0 Å². The maximum absolute atomic E-state index is 12.4. The normalized spacial score (nSPS) is 33.1. The summed E-state index contributed by atoms with van der Waals surface area (Å²) in [6, 6.07) is 0.676. The van der Waals surface area contributed by atoms with E-state index in [0.717, 1.165) is 18.2 Å². The molecule has 2 bridgehead atoms. The van der Waals surface area contributed by atoms with Crippen LogP contribution in [0.15, 0.2) is 0 Å². The molecule has 10 heteroatoms. The summed E-state index contributed by atoms with van der Waals surface area (Å²) in [5.74, 6) is 0. The minimum Gasteiger partial charge on any atom is -0.784 e. The molecule has 162 valence electrons. The maximum Gasteiger partial charge on any atom is 0.502 e. The average molecular weight is 417 g/mol. The zero-order valence-electron chi connectivity index (χ0n) is 17.5. The van der Waals surface area contributed by atoms with Crippen LogP contribution >= 0.6 is 0 Å². The summed E-state index contributed by atoms with van der Waals surface area (Å²) in [5, 5.41) is 16.3. The Morgan fingerprint density at radius 2 is 1.75 bits per heavy atom. The van der Waals surface area contributed by atoms with E-state index in [1.165, 1.54) is 0 Å². The third-order valence-electron chi connectivity index (χ3n) is 5.68. The van der Waals surface area contributed by atoms with Crippen LogP contribution in [0.4, 0.5) is 4.79 Å². The van der Waals surface area contributed by atoms with E-state index in [2.05, 4.69) is 10.2 Å². The number of hydrogen-bond donors (Lipinski definition) is 1. The van der Waals surface area contributed by atoms with Crippen LogP contribution in [0.1, 0.15) is 47.0 Å². The number of nitrogens with zero attached hydrogens (tertiary/aromatic N) is 2. The second kappa shape index (κ2) is 8.55. The number of ether oxygens (including phenoxy) is 1. The molecule has 0 saturated carbocycles. The fourth-order valence-electron chi connectivity index (χ4n) is 4.38. The van der Waals surface area contributed by atoms with E-state index in [-0.39, 0.29) is 6.10 Å². The summed E-state index contributed by atoms with van der Waals surface area (Å²) in [5.41, 5.74) is -1.12. The van der Waals surface area contributed by atoms with Gasteiger partial charge >= 0.3 is 14.9 Å². The lowest BCUT2D eigenvalue weighted by Crippen LogP contribution is -2.59. The van der Waals surface area contributed by atoms with Gasteiger partial charge in [0.1, 0.15) is 6.10 Å². The van der Waals surface area contributed by atoms with Crippen molar-refractivity contribution in [3.05, 3.63) is 5.21 Å². The molecule has 3 aliphatic heterocycles. The molecule has 9 nitrogen and oxygen atoms in total. The lowest BCUT2D eigenvalue weighted by atomic mass is 9.80. The first-order valence-electron chi connectivity index (χ1n) is 10.2. The molecule has 0 aliphatic carbocycles. The van der Waals surface area contributed by atoms with Crippen molar-refractivity contribution in [2.24, 2.45) is 0 Å². The number of hydroxylamine groups is 2. The minimum absolute atomic E-state index is 0.270. The fraction of sp³-hybridized carbons (Fsp3) is 0.944. The monoisotopic (exact) mass is 416 g/mol. The van der Waals surface area contributed by atoms with Crippen LogP contribution in [0.25, 0.3) is 0 Å². The van der Waals surface area contributed by atoms with Gasteiger partial charge in [0, 0.05) is 49.6 Å². The summed E-state index contributed by atoms with van der Waals surface area (Å²) in [6.45, 7) is 11.6. The van der Waals surface area contributed by atoms with Gasteiger partial charge in [0.05, 0.1) is 19.9 Å². The third kappa shape index (κ3) is 5.24. The van der Waals surface area contributed by atoms with Gasteiger partial charge in [-0.05, 0) is 34.1 Å². The Kier molecular flexibility index (Phi) is 6.70. The fourth-order valence-corrected chi connectivity index (χ4v) is 6.85. The molecule has 28 heavy (non-hydrogen) atoms. The molecule has 1 amide bonds. The number of carbonyl (C=O) groups is 1. The van der Waals surface area contributed by atoms with Crippen LogP contribution in [0, 0.1) is 5.21 Å². The second-order valence-electron chi connectivity index (χ2n) is 9.16. The second-order valence-corrected chi connectivity index (χ2v) is 11.9. The quantitative estimate of drug-likeness (QED) is 0.536. The van der Waals surface area contributed by atoms with Crippen LogP contribution in [0.3, 0.4) is 0 Å². The number of rotatable bonds is 5. The first-order valence-corrected chi connectivity index (χ1v) is 12.1. The summed E-state index contributed by atoms with van der Waals surface area (Å²) < 4.78 is 23.4. The summed E-state index contributed by atoms with van der Waals surface area (Å²) in [4.78, 5) is 14.4. The van der Waals surface area contributed by atoms with Crippen LogP contribution in [-0.2, 0) is 18.0 Å². The standard InChI is InChI=1S/C18H34N3O6Si/c1-17(2)12-15(13-18(3,4)21(17)23)27-16(22)19-6-5-11-28-24-9-7-20(14-26-28)8-10-25-28/h15H,5-14H2,1-4H3,(H,19,22)/q-1. The molecule has 0 aromatic carbocycles. The van der Waals surface area contributed by atoms with Gasteiger partial charge in [-0.1, -0.05) is 0 Å². The van der Waals surface area contributed by atoms with Crippen LogP contribution < -0.4 is 5.32 Å². The number of nitrogens with one attached hydrogen (secondary N) is 1. The highest BCUT2D eigenvalue weighted by Crippen LogP contribution is 2.38. The summed E-state index contributed by atoms with van der Waals surface area (Å²) >= 11 is 0. The lowest BCUT2D eigenvalue weighted by molar-refractivity contribution is -0.0551. The van der Waals surface area contributed by atoms with Crippen molar-refractivity contribution in [1.29, 1.82) is 0 Å². The Bertz CT molecular complexity index is 533. The predicted octanol–water partition coefficient (Wildman–Crippen LogP) is 1.90. The van der Waals surface area contributed by atoms with Gasteiger partial charge < -0.3 is 33.6 Å². The molecule has 0 spiro atoms. The molecule has 3 rings (SSSR count). The Morgan fingerprint density at radius 1 is 1.14 bits per heavy atom. The van der Waals surface area contributed by atoms with Crippen molar-refractivity contribution in [3.8, 4) is 0 Å². The first-order chi connectivity index (χ1) is 13.1. The van der Waals surface area contributed by atoms with E-state index in [4.69, 9.17) is 18.0 Å². The predicted molar refractivity (Wildman–Crippen MR) is 105 cm³/mol. The highest BCUT2D eigenvalue weighted by atomic mass is 28.4. The van der Waals surface area contributed by atoms with Gasteiger partial charge in [-0.25, -0.2) is 4.79 Å². The molecule has 3 heterocycles. The van der Waals surface area contributed by atoms with E-state index < -0.39 is 26.0 Å². The number of piperidine rings is 1. The molecule has 0 radical (unpaired) electrons. The van der Waals surface area contributed by atoms with Crippen molar-refractivity contribution < 1.29 is 22.8 Å². The van der Waals surface area contributed by atoms with Crippen molar-refractivity contribution in [2.45, 2.75) is 70.2 Å². The van der Waals surface area contributed by atoms with E-state index in [1.807, 2.05) is 27.7 Å². The van der Waals surface area contributed by atoms with Gasteiger partial charge in [0.15, 0.2) is 0 Å². The Morgan fingerprint density at radius 3 is 2.36 bits per heavy atom. The van der Waals surface area contributed by atoms with E-state index in [0.29, 0.717) is 51.8 Å². The van der Waals surface area contributed by atoms with Crippen LogP contribution in [0.5, 0.6) is 0 Å².